The second-order valence-corrected chi connectivity index (χ2v) is 7.25. The predicted molar refractivity (Wildman–Crippen MR) is 106 cm³/mol. The van der Waals surface area contributed by atoms with Crippen LogP contribution >= 0.6 is 11.6 Å². The highest BCUT2D eigenvalue weighted by Gasteiger charge is 2.30. The number of halogens is 4. The summed E-state index contributed by atoms with van der Waals surface area (Å²) in [5.41, 5.74) is 7.45. The van der Waals surface area contributed by atoms with E-state index in [1.807, 2.05) is 6.92 Å². The third kappa shape index (κ3) is 4.68. The van der Waals surface area contributed by atoms with Crippen molar-refractivity contribution in [3.63, 3.8) is 0 Å². The molecule has 0 spiro atoms. The molecule has 0 radical (unpaired) electrons. The van der Waals surface area contributed by atoms with Crippen molar-refractivity contribution in [2.45, 2.75) is 25.6 Å². The molecule has 6 nitrogen and oxygen atoms in total. The van der Waals surface area contributed by atoms with Crippen LogP contribution in [0.1, 0.15) is 27.2 Å². The lowest BCUT2D eigenvalue weighted by Gasteiger charge is -2.17. The molecule has 0 aliphatic rings. The van der Waals surface area contributed by atoms with Crippen LogP contribution in [0.2, 0.25) is 5.22 Å². The van der Waals surface area contributed by atoms with Crippen LogP contribution in [0.4, 0.5) is 13.2 Å². The number of aromatic nitrogens is 2. The van der Waals surface area contributed by atoms with Crippen LogP contribution in [0.15, 0.2) is 40.9 Å². The van der Waals surface area contributed by atoms with Gasteiger partial charge in [-0.05, 0) is 42.1 Å². The summed E-state index contributed by atoms with van der Waals surface area (Å²) in [6.45, 7) is 1.88. The van der Waals surface area contributed by atoms with Gasteiger partial charge in [0.15, 0.2) is 5.76 Å². The minimum absolute atomic E-state index is 0.0295. The predicted octanol–water partition coefficient (Wildman–Crippen LogP) is 3.96. The fourth-order valence-corrected chi connectivity index (χ4v) is 3.41. The van der Waals surface area contributed by atoms with Gasteiger partial charge in [0.1, 0.15) is 0 Å². The Labute approximate surface area is 175 Å². The standard InChI is InChI=1S/C20H20ClF3N4O2/c1-11-10-26-28(2)17(11)15-8-16(30-18(15)21)19(29)27-14(9-25)7-12-4-3-5-13(6-12)20(22,23)24/h3-6,8,10,14H,7,9,25H2,1-2H3,(H,27,29)/t14-/m0/s1. The number of amides is 1. The van der Waals surface area contributed by atoms with Crippen molar-refractivity contribution in [2.24, 2.45) is 12.8 Å². The number of nitrogens with two attached hydrogens (primary N) is 1. The minimum atomic E-state index is -4.44. The number of alkyl halides is 3. The summed E-state index contributed by atoms with van der Waals surface area (Å²) in [4.78, 5) is 12.6. The first-order valence-corrected chi connectivity index (χ1v) is 9.43. The third-order valence-corrected chi connectivity index (χ3v) is 4.92. The molecule has 0 bridgehead atoms. The summed E-state index contributed by atoms with van der Waals surface area (Å²) in [5.74, 6) is -0.594. The van der Waals surface area contributed by atoms with Crippen LogP contribution in [0.5, 0.6) is 0 Å². The zero-order valence-corrected chi connectivity index (χ0v) is 17.0. The smallest absolute Gasteiger partial charge is 0.416 e. The number of nitrogens with one attached hydrogen (secondary N) is 1. The van der Waals surface area contributed by atoms with Crippen LogP contribution in [0, 0.1) is 6.92 Å². The number of benzene rings is 1. The van der Waals surface area contributed by atoms with E-state index in [9.17, 15) is 18.0 Å². The fraction of sp³-hybridized carbons (Fsp3) is 0.300. The largest absolute Gasteiger partial charge is 0.439 e. The Balaban J connectivity index is 1.76. The second-order valence-electron chi connectivity index (χ2n) is 6.91. The highest BCUT2D eigenvalue weighted by molar-refractivity contribution is 6.31. The highest BCUT2D eigenvalue weighted by Crippen LogP contribution is 2.33. The van der Waals surface area contributed by atoms with E-state index in [0.717, 1.165) is 17.7 Å². The van der Waals surface area contributed by atoms with Gasteiger partial charge in [-0.2, -0.15) is 18.3 Å². The number of rotatable bonds is 6. The van der Waals surface area contributed by atoms with Crippen molar-refractivity contribution in [2.75, 3.05) is 6.54 Å². The molecule has 0 aliphatic carbocycles. The van der Waals surface area contributed by atoms with Crippen LogP contribution in [-0.2, 0) is 19.6 Å². The number of hydrogen-bond acceptors (Lipinski definition) is 4. The quantitative estimate of drug-likeness (QED) is 0.607. The molecule has 2 aromatic heterocycles. The normalized spacial score (nSPS) is 12.8. The molecule has 0 saturated carbocycles. The van der Waals surface area contributed by atoms with E-state index in [0.29, 0.717) is 16.8 Å². The van der Waals surface area contributed by atoms with E-state index in [1.165, 1.54) is 12.1 Å². The Kier molecular flexibility index (Phi) is 6.23. The number of aryl methyl sites for hydroxylation is 2. The van der Waals surface area contributed by atoms with Gasteiger partial charge in [-0.15, -0.1) is 0 Å². The summed E-state index contributed by atoms with van der Waals surface area (Å²) in [7, 11) is 1.74. The maximum atomic E-state index is 12.9. The lowest BCUT2D eigenvalue weighted by Crippen LogP contribution is -2.41. The molecular weight excluding hydrogens is 421 g/mol. The summed E-state index contributed by atoms with van der Waals surface area (Å²) >= 11 is 6.17. The molecular formula is C20H20ClF3N4O2. The minimum Gasteiger partial charge on any atom is -0.439 e. The molecule has 2 heterocycles. The van der Waals surface area contributed by atoms with Crippen molar-refractivity contribution in [3.8, 4) is 11.3 Å². The van der Waals surface area contributed by atoms with Crippen molar-refractivity contribution < 1.29 is 22.4 Å². The van der Waals surface area contributed by atoms with Crippen molar-refractivity contribution >= 4 is 17.5 Å². The molecule has 1 aromatic carbocycles. The first-order valence-electron chi connectivity index (χ1n) is 9.05. The Morgan fingerprint density at radius 2 is 2.10 bits per heavy atom. The third-order valence-electron chi connectivity index (χ3n) is 4.64. The van der Waals surface area contributed by atoms with Gasteiger partial charge in [-0.25, -0.2) is 0 Å². The molecule has 30 heavy (non-hydrogen) atoms. The number of hydrogen-bond donors (Lipinski definition) is 2. The number of carbonyl (C=O) groups excluding carboxylic acids is 1. The lowest BCUT2D eigenvalue weighted by atomic mass is 10.0. The molecule has 1 atom stereocenters. The first-order chi connectivity index (χ1) is 14.1. The zero-order valence-electron chi connectivity index (χ0n) is 16.3. The van der Waals surface area contributed by atoms with Gasteiger partial charge in [0.2, 0.25) is 5.22 Å². The Morgan fingerprint density at radius 1 is 1.37 bits per heavy atom. The van der Waals surface area contributed by atoms with Gasteiger partial charge in [0, 0.05) is 25.7 Å². The number of nitrogens with zero attached hydrogens (tertiary/aromatic N) is 2. The number of furan rings is 1. The van der Waals surface area contributed by atoms with Crippen LogP contribution in [0.3, 0.4) is 0 Å². The van der Waals surface area contributed by atoms with Crippen LogP contribution in [-0.4, -0.2) is 28.3 Å². The van der Waals surface area contributed by atoms with E-state index in [1.54, 1.807) is 24.0 Å². The van der Waals surface area contributed by atoms with Gasteiger partial charge in [-0.3, -0.25) is 9.48 Å². The van der Waals surface area contributed by atoms with Crippen LogP contribution in [0.25, 0.3) is 11.3 Å². The van der Waals surface area contributed by atoms with Gasteiger partial charge in [0.25, 0.3) is 5.91 Å². The zero-order chi connectivity index (χ0) is 22.1. The summed E-state index contributed by atoms with van der Waals surface area (Å²) in [5, 5.41) is 6.86. The molecule has 10 heteroatoms. The summed E-state index contributed by atoms with van der Waals surface area (Å²) in [6.07, 6.45) is -2.64. The van der Waals surface area contributed by atoms with E-state index >= 15 is 0 Å². The topological polar surface area (TPSA) is 86.1 Å². The van der Waals surface area contributed by atoms with Crippen LogP contribution < -0.4 is 11.1 Å². The molecule has 0 fully saturated rings. The Bertz CT molecular complexity index is 1040. The van der Waals surface area contributed by atoms with Gasteiger partial charge < -0.3 is 15.5 Å². The van der Waals surface area contributed by atoms with Crippen molar-refractivity contribution in [1.82, 2.24) is 15.1 Å². The Hall–Kier alpha value is -2.78. The molecule has 0 aliphatic heterocycles. The first kappa shape index (κ1) is 21.9. The average Bonchev–Trinajstić information content (AvgIpc) is 3.22. The molecule has 0 saturated heterocycles. The lowest BCUT2D eigenvalue weighted by molar-refractivity contribution is -0.137. The molecule has 3 N–H and O–H groups in total. The summed E-state index contributed by atoms with van der Waals surface area (Å²) < 4.78 is 45.7. The van der Waals surface area contributed by atoms with Gasteiger partial charge >= 0.3 is 6.18 Å². The maximum Gasteiger partial charge on any atom is 0.416 e. The van der Waals surface area contributed by atoms with Crippen molar-refractivity contribution in [1.29, 1.82) is 0 Å². The van der Waals surface area contributed by atoms with Gasteiger partial charge in [0.05, 0.1) is 23.0 Å². The highest BCUT2D eigenvalue weighted by atomic mass is 35.5. The molecule has 0 unspecified atom stereocenters. The molecule has 3 rings (SSSR count). The monoisotopic (exact) mass is 440 g/mol. The SMILES string of the molecule is Cc1cnn(C)c1-c1cc(C(=O)N[C@H](CN)Cc2cccc(C(F)(F)F)c2)oc1Cl. The molecule has 1 amide bonds. The van der Waals surface area contributed by atoms with E-state index in [-0.39, 0.29) is 23.9 Å². The van der Waals surface area contributed by atoms with Gasteiger partial charge in [-0.1, -0.05) is 18.2 Å². The van der Waals surface area contributed by atoms with Crippen molar-refractivity contribution in [3.05, 3.63) is 64.2 Å². The maximum absolute atomic E-state index is 12.9. The number of carbonyl (C=O) groups is 1. The second kappa shape index (κ2) is 8.53. The molecule has 160 valence electrons. The van der Waals surface area contributed by atoms with E-state index in [4.69, 9.17) is 21.8 Å². The average molecular weight is 441 g/mol. The Morgan fingerprint density at radius 3 is 2.70 bits per heavy atom. The fourth-order valence-electron chi connectivity index (χ4n) is 3.19. The molecule has 3 aromatic rings. The summed E-state index contributed by atoms with van der Waals surface area (Å²) in [6, 6.07) is 5.82. The van der Waals surface area contributed by atoms with E-state index in [2.05, 4.69) is 10.4 Å². The van der Waals surface area contributed by atoms with E-state index < -0.39 is 23.7 Å².